The van der Waals surface area contributed by atoms with Crippen LogP contribution in [0, 0.1) is 5.92 Å². The number of fused-ring (bicyclic) bond motifs is 4. The molecule has 4 aromatic carbocycles. The molecule has 0 unspecified atom stereocenters. The van der Waals surface area contributed by atoms with Gasteiger partial charge in [-0.2, -0.15) is 0 Å². The number of esters is 1. The molecule has 5 atom stereocenters. The lowest BCUT2D eigenvalue weighted by molar-refractivity contribution is -0.161. The Morgan fingerprint density at radius 1 is 0.825 bits per heavy atom. The molecule has 2 aliphatic rings. The lowest BCUT2D eigenvalue weighted by Crippen LogP contribution is -2.52. The van der Waals surface area contributed by atoms with Gasteiger partial charge in [-0.3, -0.25) is 4.79 Å². The summed E-state index contributed by atoms with van der Waals surface area (Å²) in [6.07, 6.45) is -1.62. The minimum atomic E-state index is -2.12. The first kappa shape index (κ1) is 26.0. The van der Waals surface area contributed by atoms with E-state index in [9.17, 15) is 15.0 Å². The van der Waals surface area contributed by atoms with E-state index in [0.717, 1.165) is 10.8 Å². The van der Waals surface area contributed by atoms with Crippen LogP contribution in [0.2, 0.25) is 0 Å². The molecule has 8 nitrogen and oxygen atoms in total. The van der Waals surface area contributed by atoms with Crippen LogP contribution in [0.5, 0.6) is 23.0 Å². The van der Waals surface area contributed by atoms with E-state index in [-0.39, 0.29) is 17.1 Å². The molecular formula is C32H30O8. The van der Waals surface area contributed by atoms with Gasteiger partial charge >= 0.3 is 5.97 Å². The summed E-state index contributed by atoms with van der Waals surface area (Å²) in [4.78, 5) is 13.5. The van der Waals surface area contributed by atoms with Gasteiger partial charge in [0.15, 0.2) is 11.2 Å². The molecule has 40 heavy (non-hydrogen) atoms. The highest BCUT2D eigenvalue weighted by molar-refractivity contribution is 5.84. The Morgan fingerprint density at radius 2 is 1.52 bits per heavy atom. The molecule has 8 heteroatoms. The van der Waals surface area contributed by atoms with Crippen LogP contribution in [-0.4, -0.2) is 50.7 Å². The molecule has 2 N–H and O–H groups in total. The lowest BCUT2D eigenvalue weighted by Gasteiger charge is -2.40. The van der Waals surface area contributed by atoms with Crippen LogP contribution in [-0.2, 0) is 20.7 Å². The minimum absolute atomic E-state index is 0.233. The zero-order valence-corrected chi connectivity index (χ0v) is 22.6. The predicted octanol–water partition coefficient (Wildman–Crippen LogP) is 4.29. The Morgan fingerprint density at radius 3 is 2.17 bits per heavy atom. The van der Waals surface area contributed by atoms with Gasteiger partial charge in [-0.1, -0.05) is 54.6 Å². The van der Waals surface area contributed by atoms with Crippen LogP contribution in [0.3, 0.4) is 0 Å². The molecule has 4 aromatic rings. The smallest absolute Gasteiger partial charge is 0.312 e. The topological polar surface area (TPSA) is 104 Å². The molecule has 206 valence electrons. The van der Waals surface area contributed by atoms with E-state index < -0.39 is 35.1 Å². The molecule has 0 spiro atoms. The van der Waals surface area contributed by atoms with Crippen molar-refractivity contribution < 1.29 is 38.7 Å². The monoisotopic (exact) mass is 542 g/mol. The van der Waals surface area contributed by atoms with Gasteiger partial charge in [0.25, 0.3) is 0 Å². The van der Waals surface area contributed by atoms with Gasteiger partial charge in [0.1, 0.15) is 29.1 Å². The summed E-state index contributed by atoms with van der Waals surface area (Å²) < 4.78 is 28.6. The lowest BCUT2D eigenvalue weighted by atomic mass is 9.70. The van der Waals surface area contributed by atoms with Gasteiger partial charge < -0.3 is 33.9 Å². The Bertz CT molecular complexity index is 1600. The molecule has 6 rings (SSSR count). The highest BCUT2D eigenvalue weighted by atomic mass is 16.6. The fourth-order valence-corrected chi connectivity index (χ4v) is 6.64. The van der Waals surface area contributed by atoms with Crippen LogP contribution in [0.4, 0.5) is 0 Å². The van der Waals surface area contributed by atoms with Gasteiger partial charge in [-0.25, -0.2) is 0 Å². The van der Waals surface area contributed by atoms with E-state index in [1.807, 2.05) is 42.5 Å². The second kappa shape index (κ2) is 9.43. The quantitative estimate of drug-likeness (QED) is 0.348. The molecule has 0 radical (unpaired) electrons. The summed E-state index contributed by atoms with van der Waals surface area (Å²) in [6.45, 7) is 0. The van der Waals surface area contributed by atoms with Crippen molar-refractivity contribution >= 4 is 16.7 Å². The number of aliphatic hydroxyl groups excluding tert-OH is 1. The molecule has 1 saturated carbocycles. The second-order valence-corrected chi connectivity index (χ2v) is 10.1. The Labute approximate surface area is 231 Å². The van der Waals surface area contributed by atoms with Crippen LogP contribution in [0.25, 0.3) is 10.8 Å². The number of carbonyl (C=O) groups excluding carboxylic acids is 1. The number of rotatable bonds is 6. The minimum Gasteiger partial charge on any atom is -0.497 e. The average Bonchev–Trinajstić information content (AvgIpc) is 3.38. The Kier molecular flexibility index (Phi) is 6.12. The van der Waals surface area contributed by atoms with Crippen LogP contribution in [0.15, 0.2) is 78.9 Å². The third-order valence-corrected chi connectivity index (χ3v) is 8.40. The van der Waals surface area contributed by atoms with Gasteiger partial charge in [0.05, 0.1) is 39.9 Å². The van der Waals surface area contributed by atoms with Gasteiger partial charge in [-0.15, -0.1) is 0 Å². The van der Waals surface area contributed by atoms with Crippen molar-refractivity contribution in [2.75, 3.05) is 28.4 Å². The SMILES string of the molecule is COC(=O)[C@H]1[C@@H](O)[C@@]2(O)c3c(OC)cc(OC)cc3O[C@@]2(c2ccc(OC)cc2)[C@@H]1c1ccc2ccccc2c1. The third kappa shape index (κ3) is 3.36. The highest BCUT2D eigenvalue weighted by Crippen LogP contribution is 2.70. The first-order chi connectivity index (χ1) is 19.3. The Hall–Kier alpha value is -4.27. The number of ether oxygens (including phenoxy) is 5. The average molecular weight is 543 g/mol. The van der Waals surface area contributed by atoms with E-state index in [0.29, 0.717) is 22.6 Å². The summed E-state index contributed by atoms with van der Waals surface area (Å²) in [5.41, 5.74) is -2.32. The molecule has 0 aromatic heterocycles. The molecule has 0 amide bonds. The van der Waals surface area contributed by atoms with Crippen molar-refractivity contribution in [3.8, 4) is 23.0 Å². The number of methoxy groups -OCH3 is 4. The van der Waals surface area contributed by atoms with E-state index in [4.69, 9.17) is 23.7 Å². The maximum absolute atomic E-state index is 13.5. The molecule has 0 saturated heterocycles. The first-order valence-corrected chi connectivity index (χ1v) is 12.9. The molecular weight excluding hydrogens is 512 g/mol. The molecule has 1 aliphatic heterocycles. The van der Waals surface area contributed by atoms with Crippen molar-refractivity contribution in [1.82, 2.24) is 0 Å². The van der Waals surface area contributed by atoms with E-state index in [1.54, 1.807) is 43.5 Å². The normalized spacial score (nSPS) is 26.5. The van der Waals surface area contributed by atoms with Crippen molar-refractivity contribution in [2.24, 2.45) is 5.92 Å². The molecule has 0 bridgehead atoms. The number of hydrogen-bond acceptors (Lipinski definition) is 8. The zero-order chi connectivity index (χ0) is 28.2. The number of hydrogen-bond donors (Lipinski definition) is 2. The van der Waals surface area contributed by atoms with Crippen molar-refractivity contribution in [3.05, 3.63) is 95.6 Å². The van der Waals surface area contributed by atoms with E-state index >= 15 is 0 Å². The summed E-state index contributed by atoms with van der Waals surface area (Å²) in [5.74, 6) is -1.14. The van der Waals surface area contributed by atoms with Crippen LogP contribution in [0.1, 0.15) is 22.6 Å². The summed E-state index contributed by atoms with van der Waals surface area (Å²) in [6, 6.07) is 24.0. The summed E-state index contributed by atoms with van der Waals surface area (Å²) >= 11 is 0. The fourth-order valence-electron chi connectivity index (χ4n) is 6.64. The largest absolute Gasteiger partial charge is 0.497 e. The van der Waals surface area contributed by atoms with E-state index in [2.05, 4.69) is 0 Å². The van der Waals surface area contributed by atoms with Gasteiger partial charge in [-0.05, 0) is 34.0 Å². The third-order valence-electron chi connectivity index (χ3n) is 8.40. The Balaban J connectivity index is 1.71. The van der Waals surface area contributed by atoms with Crippen molar-refractivity contribution in [3.63, 3.8) is 0 Å². The zero-order valence-electron chi connectivity index (χ0n) is 22.6. The van der Waals surface area contributed by atoms with Crippen LogP contribution >= 0.6 is 0 Å². The first-order valence-electron chi connectivity index (χ1n) is 12.9. The summed E-state index contributed by atoms with van der Waals surface area (Å²) in [7, 11) is 5.81. The van der Waals surface area contributed by atoms with Crippen molar-refractivity contribution in [2.45, 2.75) is 23.2 Å². The van der Waals surface area contributed by atoms with Gasteiger partial charge in [0, 0.05) is 18.1 Å². The number of benzene rings is 4. The van der Waals surface area contributed by atoms with E-state index in [1.165, 1.54) is 21.3 Å². The fraction of sp³-hybridized carbons (Fsp3) is 0.281. The highest BCUT2D eigenvalue weighted by Gasteiger charge is 2.78. The maximum Gasteiger partial charge on any atom is 0.312 e. The van der Waals surface area contributed by atoms with Gasteiger partial charge in [0.2, 0.25) is 0 Å². The van der Waals surface area contributed by atoms with Crippen molar-refractivity contribution in [1.29, 1.82) is 0 Å². The standard InChI is InChI=1S/C32H30O8/c1-36-22-13-11-21(12-14-22)32-27(20-10-9-18-7-5-6-8-19(18)15-20)26(30(34)39-4)29(33)31(32,35)28-24(38-3)16-23(37-2)17-25(28)40-32/h5-17,26-27,29,33,35H,1-4H3/t26-,27-,29-,31+,32+/m1/s1. The maximum atomic E-state index is 13.5. The van der Waals surface area contributed by atoms with Crippen LogP contribution < -0.4 is 18.9 Å². The number of carbonyl (C=O) groups is 1. The molecule has 1 heterocycles. The molecule has 1 aliphatic carbocycles. The molecule has 1 fully saturated rings. The summed E-state index contributed by atoms with van der Waals surface area (Å²) in [5, 5.41) is 26.9. The predicted molar refractivity (Wildman–Crippen MR) is 147 cm³/mol. The second-order valence-electron chi connectivity index (χ2n) is 10.1. The number of aliphatic hydroxyl groups is 2.